The van der Waals surface area contributed by atoms with Crippen LogP contribution in [-0.2, 0) is 20.2 Å². The van der Waals surface area contributed by atoms with Crippen LogP contribution >= 0.6 is 0 Å². The zero-order valence-electron chi connectivity index (χ0n) is 37.8. The Morgan fingerprint density at radius 1 is 0.472 bits per heavy atom. The molecule has 2 aliphatic heterocycles. The van der Waals surface area contributed by atoms with Crippen LogP contribution in [0.3, 0.4) is 0 Å². The lowest BCUT2D eigenvalue weighted by Crippen LogP contribution is -2.52. The lowest BCUT2D eigenvalue weighted by Gasteiger charge is -2.37. The third-order valence-electron chi connectivity index (χ3n) is 11.3. The predicted molar refractivity (Wildman–Crippen MR) is 285 cm³/mol. The van der Waals surface area contributed by atoms with Gasteiger partial charge in [-0.25, -0.2) is 10.9 Å². The molecule has 0 saturated carbocycles. The number of hydrazone groups is 2. The number of nitrogens with zero attached hydrogens (tertiary/aromatic N) is 6. The normalized spacial score (nSPS) is 13.5. The lowest BCUT2D eigenvalue weighted by molar-refractivity contribution is 0.210. The molecule has 8 aromatic rings. The second-order valence-corrected chi connectivity index (χ2v) is 18.9. The third-order valence-corrected chi connectivity index (χ3v) is 13.1. The van der Waals surface area contributed by atoms with E-state index in [1.807, 2.05) is 146 Å². The van der Waals surface area contributed by atoms with Crippen LogP contribution in [0.5, 0.6) is 0 Å². The zero-order valence-corrected chi connectivity index (χ0v) is 39.4. The Kier molecular flexibility index (Phi) is 12.9. The summed E-state index contributed by atoms with van der Waals surface area (Å²) >= 11 is 0. The number of allylic oxidation sites excluding steroid dienone is 2. The number of fused-ring (bicyclic) bond motifs is 2. The van der Waals surface area contributed by atoms with Gasteiger partial charge in [-0.05, 0) is 82.6 Å². The van der Waals surface area contributed by atoms with E-state index in [-0.39, 0.29) is 22.5 Å². The number of para-hydroxylation sites is 2. The van der Waals surface area contributed by atoms with Crippen molar-refractivity contribution >= 4 is 100 Å². The first-order valence-electron chi connectivity index (χ1n) is 22.2. The van der Waals surface area contributed by atoms with Gasteiger partial charge in [-0.1, -0.05) is 144 Å². The number of hydrogen-bond donors (Lipinski definition) is 8. The van der Waals surface area contributed by atoms with Crippen molar-refractivity contribution in [3.8, 4) is 0 Å². The summed E-state index contributed by atoms with van der Waals surface area (Å²) in [6.45, 7) is 0. The Morgan fingerprint density at radius 3 is 1.28 bits per heavy atom. The van der Waals surface area contributed by atoms with Gasteiger partial charge in [0.25, 0.3) is 20.2 Å². The van der Waals surface area contributed by atoms with E-state index in [2.05, 4.69) is 42.5 Å². The van der Waals surface area contributed by atoms with Gasteiger partial charge in [-0.15, -0.1) is 10.2 Å². The van der Waals surface area contributed by atoms with E-state index in [9.17, 15) is 25.9 Å². The molecule has 0 fully saturated rings. The molecule has 72 heavy (non-hydrogen) atoms. The fourth-order valence-electron chi connectivity index (χ4n) is 7.91. The van der Waals surface area contributed by atoms with Gasteiger partial charge in [-0.2, -0.15) is 27.1 Å². The number of benzene rings is 8. The first kappa shape index (κ1) is 46.4. The van der Waals surface area contributed by atoms with E-state index in [1.54, 1.807) is 36.7 Å². The molecule has 0 spiro atoms. The third kappa shape index (κ3) is 10.5. The first-order chi connectivity index (χ1) is 34.9. The topological polar surface area (TPSA) is 219 Å². The van der Waals surface area contributed by atoms with Gasteiger partial charge < -0.3 is 10.6 Å². The Bertz CT molecular complexity index is 3460. The number of nitrogens with one attached hydrogen (secondary N) is 6. The van der Waals surface area contributed by atoms with Crippen LogP contribution in [0.1, 0.15) is 11.1 Å². The summed E-state index contributed by atoms with van der Waals surface area (Å²) in [5.41, 5.74) is 16.4. The molecule has 8 aromatic carbocycles. The Hall–Kier alpha value is -9.34. The summed E-state index contributed by atoms with van der Waals surface area (Å²) in [6.07, 6.45) is 9.20. The minimum absolute atomic E-state index is 0.00510. The highest BCUT2D eigenvalue weighted by Crippen LogP contribution is 2.33. The zero-order chi connectivity index (χ0) is 49.7. The SMILES string of the molecule is O=S(=O)(O)c1cc(N(Nc2cccc3ccccc23)N2N=CC=C(Nc3ccccc3)N2)ccc1/C=C/c1ccc(N(Nc2cccc3ccccc23)N2N=CC=C(Nc3ccccc3)N2)cc1S(=O)(=O)O. The average molecular weight is 997 g/mol. The number of hydrazine groups is 6. The molecular formula is C52H44N12O6S2. The highest BCUT2D eigenvalue weighted by atomic mass is 32.2. The molecule has 18 nitrogen and oxygen atoms in total. The fourth-order valence-corrected chi connectivity index (χ4v) is 9.32. The molecule has 0 aromatic heterocycles. The summed E-state index contributed by atoms with van der Waals surface area (Å²) in [5.74, 6) is 1.07. The second kappa shape index (κ2) is 19.9. The molecule has 0 aliphatic carbocycles. The van der Waals surface area contributed by atoms with E-state index in [0.717, 1.165) is 32.9 Å². The van der Waals surface area contributed by atoms with Gasteiger partial charge in [0.1, 0.15) is 21.4 Å². The van der Waals surface area contributed by atoms with Gasteiger partial charge in [0.05, 0.1) is 35.2 Å². The highest BCUT2D eigenvalue weighted by molar-refractivity contribution is 7.86. The molecule has 8 N–H and O–H groups in total. The molecule has 0 amide bonds. The average Bonchev–Trinajstić information content (AvgIpc) is 3.39. The standard InChI is InChI=1S/C52H44N12O6S2/c65-71(66,67)49-35-43(61(57-47-23-11-15-37-13-7-9-21-45(37)47)63-53-33-31-51(59-63)55-41-17-3-1-4-18-41)29-27-39(49)25-26-40-28-30-44(36-50(40)72(68,69)70)62(58-48-24-12-16-38-14-8-10-22-46(38)48)64-54-34-32-52(60-64)56-42-19-5-2-6-20-42/h1-36,55-60H,(H,65,66,67)(H,68,69,70)/b26-25+. The number of rotatable bonds is 16. The number of anilines is 6. The minimum atomic E-state index is -4.95. The van der Waals surface area contributed by atoms with E-state index in [0.29, 0.717) is 23.0 Å². The highest BCUT2D eigenvalue weighted by Gasteiger charge is 2.26. The van der Waals surface area contributed by atoms with Crippen molar-refractivity contribution in [1.82, 2.24) is 21.3 Å². The van der Waals surface area contributed by atoms with E-state index < -0.39 is 30.0 Å². The van der Waals surface area contributed by atoms with Crippen LogP contribution in [0.2, 0.25) is 0 Å². The van der Waals surface area contributed by atoms with Gasteiger partial charge in [0.2, 0.25) is 0 Å². The van der Waals surface area contributed by atoms with Gasteiger partial charge in [-0.3, -0.25) is 20.0 Å². The van der Waals surface area contributed by atoms with Crippen molar-refractivity contribution in [2.75, 3.05) is 31.7 Å². The molecule has 0 bridgehead atoms. The van der Waals surface area contributed by atoms with Gasteiger partial charge >= 0.3 is 0 Å². The summed E-state index contributed by atoms with van der Waals surface area (Å²) < 4.78 is 74.7. The van der Waals surface area contributed by atoms with E-state index in [1.165, 1.54) is 57.1 Å². The van der Waals surface area contributed by atoms with Gasteiger partial charge in [0.15, 0.2) is 0 Å². The molecule has 0 unspecified atom stereocenters. The molecular weight excluding hydrogens is 953 g/mol. The Morgan fingerprint density at radius 2 is 0.861 bits per heavy atom. The molecule has 2 heterocycles. The molecule has 10 rings (SSSR count). The second-order valence-electron chi connectivity index (χ2n) is 16.1. The van der Waals surface area contributed by atoms with Crippen molar-refractivity contribution in [1.29, 1.82) is 0 Å². The smallest absolute Gasteiger partial charge is 0.295 e. The van der Waals surface area contributed by atoms with E-state index in [4.69, 9.17) is 0 Å². The monoisotopic (exact) mass is 996 g/mol. The Balaban J connectivity index is 0.998. The quantitative estimate of drug-likeness (QED) is 0.0257. The maximum absolute atomic E-state index is 13.3. The van der Waals surface area contributed by atoms with Crippen molar-refractivity contribution in [2.45, 2.75) is 9.79 Å². The molecule has 20 heteroatoms. The van der Waals surface area contributed by atoms with E-state index >= 15 is 0 Å². The van der Waals surface area contributed by atoms with Crippen LogP contribution < -0.4 is 42.6 Å². The molecule has 360 valence electrons. The maximum atomic E-state index is 13.3. The van der Waals surface area contributed by atoms with Crippen molar-refractivity contribution in [2.24, 2.45) is 10.2 Å². The summed E-state index contributed by atoms with van der Waals surface area (Å²) in [5, 5.41) is 24.8. The molecule has 0 radical (unpaired) electrons. The summed E-state index contributed by atoms with van der Waals surface area (Å²) in [7, 11) is -9.89. The summed E-state index contributed by atoms with van der Waals surface area (Å²) in [4.78, 5) is -1.03. The summed E-state index contributed by atoms with van der Waals surface area (Å²) in [6, 6.07) is 54.3. The maximum Gasteiger partial charge on any atom is 0.295 e. The van der Waals surface area contributed by atoms with Gasteiger partial charge in [0, 0.05) is 34.3 Å². The van der Waals surface area contributed by atoms with Crippen LogP contribution in [0.4, 0.5) is 34.1 Å². The largest absolute Gasteiger partial charge is 0.341 e. The predicted octanol–water partition coefficient (Wildman–Crippen LogP) is 9.67. The van der Waals surface area contributed by atoms with Crippen LogP contribution in [0.15, 0.2) is 226 Å². The molecule has 0 atom stereocenters. The van der Waals surface area contributed by atoms with Crippen LogP contribution in [-0.4, -0.2) is 48.8 Å². The minimum Gasteiger partial charge on any atom is -0.341 e. The lowest BCUT2D eigenvalue weighted by atomic mass is 10.1. The van der Waals surface area contributed by atoms with Crippen molar-refractivity contribution in [3.63, 3.8) is 0 Å². The van der Waals surface area contributed by atoms with Crippen molar-refractivity contribution in [3.05, 3.63) is 217 Å². The van der Waals surface area contributed by atoms with Crippen LogP contribution in [0.25, 0.3) is 33.7 Å². The first-order valence-corrected chi connectivity index (χ1v) is 25.1. The fraction of sp³-hybridized carbons (Fsp3) is 0. The molecule has 0 saturated heterocycles. The Labute approximate surface area is 414 Å². The molecule has 2 aliphatic rings. The number of hydrogen-bond acceptors (Lipinski definition) is 16. The van der Waals surface area contributed by atoms with Crippen LogP contribution in [0, 0.1) is 0 Å². The van der Waals surface area contributed by atoms with Crippen molar-refractivity contribution < 1.29 is 25.9 Å².